The van der Waals surface area contributed by atoms with Crippen molar-refractivity contribution in [1.82, 2.24) is 0 Å². The number of aliphatic hydroxyl groups is 1. The van der Waals surface area contributed by atoms with E-state index in [1.807, 2.05) is 0 Å². The number of phenolic OH excluding ortho intramolecular Hbond substituents is 1. The summed E-state index contributed by atoms with van der Waals surface area (Å²) in [6, 6.07) is 5.89. The number of aromatic hydroxyl groups is 1. The number of benzene rings is 1. The van der Waals surface area contributed by atoms with E-state index in [2.05, 4.69) is 21.1 Å². The first kappa shape index (κ1) is 15.9. The molecule has 1 aromatic carbocycles. The number of phenols is 1. The number of hydrogen-bond acceptors (Lipinski definition) is 3. The molecule has 17 heavy (non-hydrogen) atoms. The molecular weight excluding hydrogens is 242 g/mol. The number of quaternary nitrogens is 1. The second-order valence-electron chi connectivity index (χ2n) is 4.56. The third kappa shape index (κ3) is 8.68. The summed E-state index contributed by atoms with van der Waals surface area (Å²) in [5.74, 6) is 0.0477. The minimum atomic E-state index is -0.559. The Hall–Kier alpha value is -1.10. The summed E-state index contributed by atoms with van der Waals surface area (Å²) in [5.41, 5.74) is 0.307. The Balaban J connectivity index is 0.000000325. The van der Waals surface area contributed by atoms with E-state index in [0.29, 0.717) is 5.56 Å². The molecule has 0 amide bonds. The second kappa shape index (κ2) is 7.27. The van der Waals surface area contributed by atoms with E-state index in [1.165, 1.54) is 18.2 Å². The molecule has 5 heteroatoms. The Labute approximate surface area is 107 Å². The van der Waals surface area contributed by atoms with Crippen molar-refractivity contribution in [3.8, 4) is 5.75 Å². The molecule has 4 nitrogen and oxygen atoms in total. The van der Waals surface area contributed by atoms with E-state index in [4.69, 9.17) is 21.8 Å². The lowest BCUT2D eigenvalue weighted by atomic mass is 10.2. The van der Waals surface area contributed by atoms with Crippen molar-refractivity contribution in [2.75, 3.05) is 34.3 Å². The maximum absolute atomic E-state index is 10.5. The average Bonchev–Trinajstić information content (AvgIpc) is 2.16. The van der Waals surface area contributed by atoms with Gasteiger partial charge in [0.15, 0.2) is 0 Å². The van der Waals surface area contributed by atoms with Crippen LogP contribution >= 0.6 is 11.6 Å². The number of halogens is 1. The van der Waals surface area contributed by atoms with E-state index < -0.39 is 5.24 Å². The molecular formula is C12H19ClNO3+. The van der Waals surface area contributed by atoms with E-state index in [0.717, 1.165) is 11.0 Å². The minimum absolute atomic E-state index is 0.0477. The van der Waals surface area contributed by atoms with Crippen LogP contribution in [0.1, 0.15) is 10.4 Å². The van der Waals surface area contributed by atoms with Crippen molar-refractivity contribution in [1.29, 1.82) is 0 Å². The second-order valence-corrected chi connectivity index (χ2v) is 4.90. The fraction of sp³-hybridized carbons (Fsp3) is 0.417. The molecule has 0 fully saturated rings. The van der Waals surface area contributed by atoms with Gasteiger partial charge in [-0.3, -0.25) is 4.79 Å². The molecule has 0 spiro atoms. The number of carbonyl (C=O) groups is 1. The number of likely N-dealkylation sites (N-methyl/N-ethyl adjacent to an activating group) is 1. The van der Waals surface area contributed by atoms with E-state index in [-0.39, 0.29) is 12.4 Å². The topological polar surface area (TPSA) is 57.5 Å². The van der Waals surface area contributed by atoms with Crippen LogP contribution in [0.2, 0.25) is 0 Å². The van der Waals surface area contributed by atoms with Crippen LogP contribution in [0.4, 0.5) is 0 Å². The van der Waals surface area contributed by atoms with Gasteiger partial charge in [0.1, 0.15) is 12.3 Å². The highest BCUT2D eigenvalue weighted by Crippen LogP contribution is 2.12. The molecule has 0 aliphatic heterocycles. The Morgan fingerprint density at radius 1 is 1.35 bits per heavy atom. The SMILES string of the molecule is C[N+](C)(C)CCO.O=C(Cl)c1cccc(O)c1. The molecule has 0 atom stereocenters. The third-order valence-electron chi connectivity index (χ3n) is 1.84. The van der Waals surface area contributed by atoms with Crippen molar-refractivity contribution in [2.24, 2.45) is 0 Å². The lowest BCUT2D eigenvalue weighted by molar-refractivity contribution is -0.870. The highest BCUT2D eigenvalue weighted by atomic mass is 35.5. The Kier molecular flexibility index (Phi) is 6.80. The Morgan fingerprint density at radius 2 is 1.94 bits per heavy atom. The zero-order valence-corrected chi connectivity index (χ0v) is 11.1. The maximum Gasteiger partial charge on any atom is 0.252 e. The summed E-state index contributed by atoms with van der Waals surface area (Å²) in [4.78, 5) is 10.5. The number of rotatable bonds is 3. The smallest absolute Gasteiger partial charge is 0.252 e. The van der Waals surface area contributed by atoms with Crippen molar-refractivity contribution >= 4 is 16.8 Å². The van der Waals surface area contributed by atoms with Gasteiger partial charge in [-0.2, -0.15) is 0 Å². The predicted octanol–water partition coefficient (Wildman–Crippen LogP) is 1.46. The highest BCUT2D eigenvalue weighted by Gasteiger charge is 2.02. The summed E-state index contributed by atoms with van der Waals surface area (Å²) < 4.78 is 0.844. The molecule has 1 rings (SSSR count). The van der Waals surface area contributed by atoms with Gasteiger partial charge < -0.3 is 14.7 Å². The largest absolute Gasteiger partial charge is 0.508 e. The van der Waals surface area contributed by atoms with Crippen molar-refractivity contribution in [3.63, 3.8) is 0 Å². The Morgan fingerprint density at radius 3 is 2.18 bits per heavy atom. The summed E-state index contributed by atoms with van der Waals surface area (Å²) in [5, 5.41) is 16.7. The van der Waals surface area contributed by atoms with Gasteiger partial charge >= 0.3 is 0 Å². The molecule has 2 N–H and O–H groups in total. The van der Waals surface area contributed by atoms with Crippen LogP contribution < -0.4 is 0 Å². The van der Waals surface area contributed by atoms with Gasteiger partial charge in [-0.25, -0.2) is 0 Å². The molecule has 0 saturated carbocycles. The van der Waals surface area contributed by atoms with Crippen LogP contribution in [0.25, 0.3) is 0 Å². The first-order valence-electron chi connectivity index (χ1n) is 5.16. The Bertz CT molecular complexity index is 361. The number of nitrogens with zero attached hydrogens (tertiary/aromatic N) is 1. The first-order chi connectivity index (χ1) is 7.76. The fourth-order valence-electron chi connectivity index (χ4n) is 0.928. The van der Waals surface area contributed by atoms with Crippen LogP contribution in [0.3, 0.4) is 0 Å². The van der Waals surface area contributed by atoms with Gasteiger partial charge in [-0.05, 0) is 29.8 Å². The zero-order valence-electron chi connectivity index (χ0n) is 10.4. The van der Waals surface area contributed by atoms with Gasteiger partial charge in [0.05, 0.1) is 27.7 Å². The lowest BCUT2D eigenvalue weighted by Gasteiger charge is -2.21. The van der Waals surface area contributed by atoms with E-state index >= 15 is 0 Å². The van der Waals surface area contributed by atoms with Crippen LogP contribution in [0.15, 0.2) is 24.3 Å². The van der Waals surface area contributed by atoms with Gasteiger partial charge in [0, 0.05) is 5.56 Å². The van der Waals surface area contributed by atoms with E-state index in [9.17, 15) is 4.79 Å². The van der Waals surface area contributed by atoms with Crippen LogP contribution in [-0.2, 0) is 0 Å². The molecule has 0 aromatic heterocycles. The monoisotopic (exact) mass is 260 g/mol. The normalized spacial score (nSPS) is 10.4. The zero-order chi connectivity index (χ0) is 13.5. The van der Waals surface area contributed by atoms with Crippen LogP contribution in [-0.4, -0.2) is 54.2 Å². The third-order valence-corrected chi connectivity index (χ3v) is 2.06. The number of aliphatic hydroxyl groups excluding tert-OH is 1. The molecule has 0 bridgehead atoms. The standard InChI is InChI=1S/C7H5ClO2.C5H14NO/c8-7(10)5-2-1-3-6(9)4-5;1-6(2,3)4-5-7/h1-4,9H;7H,4-5H2,1-3H3/q;+1. The van der Waals surface area contributed by atoms with Gasteiger partial charge in [-0.1, -0.05) is 6.07 Å². The number of carbonyl (C=O) groups excluding carboxylic acids is 1. The fourth-order valence-corrected chi connectivity index (χ4v) is 1.05. The molecule has 0 heterocycles. The molecule has 0 saturated heterocycles. The molecule has 96 valence electrons. The summed E-state index contributed by atoms with van der Waals surface area (Å²) in [6.07, 6.45) is 0. The van der Waals surface area contributed by atoms with Crippen molar-refractivity contribution in [3.05, 3.63) is 29.8 Å². The predicted molar refractivity (Wildman–Crippen MR) is 68.3 cm³/mol. The average molecular weight is 261 g/mol. The van der Waals surface area contributed by atoms with Crippen LogP contribution in [0, 0.1) is 0 Å². The maximum atomic E-state index is 10.5. The molecule has 0 radical (unpaired) electrons. The summed E-state index contributed by atoms with van der Waals surface area (Å²) in [6.45, 7) is 1.11. The summed E-state index contributed by atoms with van der Waals surface area (Å²) in [7, 11) is 6.16. The molecule has 0 aliphatic rings. The van der Waals surface area contributed by atoms with Gasteiger partial charge in [0.25, 0.3) is 5.24 Å². The first-order valence-corrected chi connectivity index (χ1v) is 5.54. The van der Waals surface area contributed by atoms with E-state index in [1.54, 1.807) is 6.07 Å². The molecule has 0 aliphatic carbocycles. The highest BCUT2D eigenvalue weighted by molar-refractivity contribution is 6.67. The van der Waals surface area contributed by atoms with Gasteiger partial charge in [-0.15, -0.1) is 0 Å². The molecule has 1 aromatic rings. The van der Waals surface area contributed by atoms with Crippen LogP contribution in [0.5, 0.6) is 5.75 Å². The quantitative estimate of drug-likeness (QED) is 0.639. The number of hydrogen-bond donors (Lipinski definition) is 2. The van der Waals surface area contributed by atoms with Crippen molar-refractivity contribution in [2.45, 2.75) is 0 Å². The van der Waals surface area contributed by atoms with Crippen molar-refractivity contribution < 1.29 is 19.5 Å². The van der Waals surface area contributed by atoms with Gasteiger partial charge in [0.2, 0.25) is 0 Å². The molecule has 0 unspecified atom stereocenters. The summed E-state index contributed by atoms with van der Waals surface area (Å²) >= 11 is 5.13. The lowest BCUT2D eigenvalue weighted by Crippen LogP contribution is -2.36. The minimum Gasteiger partial charge on any atom is -0.508 e.